The molecule has 60 heavy (non-hydrogen) atoms. The zero-order chi connectivity index (χ0) is 39.3. The number of benzene rings is 10. The van der Waals surface area contributed by atoms with E-state index < -0.39 is 0 Å². The van der Waals surface area contributed by atoms with Crippen LogP contribution in [0.25, 0.3) is 127 Å². The Morgan fingerprint density at radius 2 is 0.900 bits per heavy atom. The molecule has 0 aliphatic carbocycles. The largest absolute Gasteiger partial charge is 0.455 e. The second-order valence-corrected chi connectivity index (χ2v) is 15.5. The highest BCUT2D eigenvalue weighted by Crippen LogP contribution is 2.44. The monoisotopic (exact) mass is 764 g/mol. The Morgan fingerprint density at radius 1 is 0.350 bits per heavy atom. The molecular formula is C55H32N4O. The van der Waals surface area contributed by atoms with Crippen molar-refractivity contribution >= 4 is 86.8 Å². The van der Waals surface area contributed by atoms with Gasteiger partial charge in [-0.25, -0.2) is 4.98 Å². The lowest BCUT2D eigenvalue weighted by Crippen LogP contribution is -2.07. The first-order valence-corrected chi connectivity index (χ1v) is 20.3. The number of aromatic nitrogens is 4. The van der Waals surface area contributed by atoms with Crippen molar-refractivity contribution in [2.45, 2.75) is 0 Å². The topological polar surface area (TPSA) is 56.7 Å². The molecule has 0 amide bonds. The van der Waals surface area contributed by atoms with Crippen LogP contribution in [0.3, 0.4) is 0 Å². The third-order valence-electron chi connectivity index (χ3n) is 12.2. The Kier molecular flexibility index (Phi) is 6.95. The average molecular weight is 765 g/mol. The lowest BCUT2D eigenvalue weighted by atomic mass is 9.93. The molecule has 0 saturated carbocycles. The van der Waals surface area contributed by atoms with E-state index in [0.717, 1.165) is 76.8 Å². The molecule has 0 unspecified atom stereocenters. The molecule has 0 radical (unpaired) electrons. The molecule has 0 N–H and O–H groups in total. The summed E-state index contributed by atoms with van der Waals surface area (Å²) in [4.78, 5) is 16.6. The van der Waals surface area contributed by atoms with E-state index >= 15 is 0 Å². The minimum atomic E-state index is 0.544. The molecule has 278 valence electrons. The van der Waals surface area contributed by atoms with Crippen molar-refractivity contribution in [3.63, 3.8) is 0 Å². The fraction of sp³-hybridized carbons (Fsp3) is 0. The van der Waals surface area contributed by atoms with E-state index in [-0.39, 0.29) is 0 Å². The molecule has 0 atom stereocenters. The van der Waals surface area contributed by atoms with Crippen molar-refractivity contribution in [1.29, 1.82) is 0 Å². The van der Waals surface area contributed by atoms with Crippen LogP contribution in [-0.4, -0.2) is 19.5 Å². The first-order chi connectivity index (χ1) is 29.8. The van der Waals surface area contributed by atoms with Gasteiger partial charge >= 0.3 is 0 Å². The minimum Gasteiger partial charge on any atom is -0.455 e. The lowest BCUT2D eigenvalue weighted by Gasteiger charge is -2.16. The molecule has 3 heterocycles. The van der Waals surface area contributed by atoms with Crippen LogP contribution in [-0.2, 0) is 0 Å². The van der Waals surface area contributed by atoms with Gasteiger partial charge in [0, 0.05) is 38.1 Å². The van der Waals surface area contributed by atoms with E-state index in [2.05, 4.69) is 187 Å². The summed E-state index contributed by atoms with van der Waals surface area (Å²) in [7, 11) is 0. The first-order valence-electron chi connectivity index (χ1n) is 20.3. The molecule has 0 aliphatic heterocycles. The van der Waals surface area contributed by atoms with Gasteiger partial charge in [0.05, 0.1) is 11.0 Å². The van der Waals surface area contributed by atoms with Gasteiger partial charge in [-0.2, -0.15) is 9.97 Å². The van der Waals surface area contributed by atoms with Gasteiger partial charge in [-0.15, -0.1) is 0 Å². The molecule has 13 aromatic rings. The maximum atomic E-state index is 6.70. The van der Waals surface area contributed by atoms with E-state index in [1.54, 1.807) is 0 Å². The van der Waals surface area contributed by atoms with E-state index in [9.17, 15) is 0 Å². The third kappa shape index (κ3) is 4.77. The Hall–Kier alpha value is -8.15. The normalized spacial score (nSPS) is 12.0. The van der Waals surface area contributed by atoms with Crippen molar-refractivity contribution in [2.75, 3.05) is 0 Å². The highest BCUT2D eigenvalue weighted by atomic mass is 16.3. The average Bonchev–Trinajstić information content (AvgIpc) is 3.88. The van der Waals surface area contributed by atoms with Crippen molar-refractivity contribution < 1.29 is 4.42 Å². The summed E-state index contributed by atoms with van der Waals surface area (Å²) in [6.07, 6.45) is 0. The van der Waals surface area contributed by atoms with Crippen LogP contribution < -0.4 is 0 Å². The Balaban J connectivity index is 1.19. The van der Waals surface area contributed by atoms with Crippen molar-refractivity contribution in [2.24, 2.45) is 0 Å². The van der Waals surface area contributed by atoms with Gasteiger partial charge in [0.2, 0.25) is 5.95 Å². The molecule has 5 nitrogen and oxygen atoms in total. The number of fused-ring (bicyclic) bond motifs is 13. The van der Waals surface area contributed by atoms with Crippen LogP contribution in [0.15, 0.2) is 199 Å². The van der Waals surface area contributed by atoms with Crippen molar-refractivity contribution in [3.8, 4) is 39.9 Å². The highest BCUT2D eigenvalue weighted by molar-refractivity contribution is 6.28. The summed E-state index contributed by atoms with van der Waals surface area (Å²) >= 11 is 0. The molecule has 3 aromatic heterocycles. The Morgan fingerprint density at radius 3 is 1.60 bits per heavy atom. The predicted octanol–water partition coefficient (Wildman–Crippen LogP) is 14.5. The van der Waals surface area contributed by atoms with E-state index in [4.69, 9.17) is 19.4 Å². The summed E-state index contributed by atoms with van der Waals surface area (Å²) in [6.45, 7) is 0. The fourth-order valence-corrected chi connectivity index (χ4v) is 9.57. The van der Waals surface area contributed by atoms with E-state index in [1.165, 1.54) is 32.3 Å². The van der Waals surface area contributed by atoms with Crippen LogP contribution in [0.2, 0.25) is 0 Å². The van der Waals surface area contributed by atoms with Gasteiger partial charge in [-0.3, -0.25) is 4.57 Å². The minimum absolute atomic E-state index is 0.544. The lowest BCUT2D eigenvalue weighted by molar-refractivity contribution is 0.672. The molecule has 0 fully saturated rings. The second-order valence-electron chi connectivity index (χ2n) is 15.5. The van der Waals surface area contributed by atoms with E-state index in [0.29, 0.717) is 17.6 Å². The maximum Gasteiger partial charge on any atom is 0.238 e. The highest BCUT2D eigenvalue weighted by Gasteiger charge is 2.24. The zero-order valence-corrected chi connectivity index (χ0v) is 32.2. The number of hydrogen-bond donors (Lipinski definition) is 0. The number of hydrogen-bond acceptors (Lipinski definition) is 4. The summed E-state index contributed by atoms with van der Waals surface area (Å²) in [5.74, 6) is 1.71. The SMILES string of the molecule is c1ccc(-c2ccc3ccccc3c2-c2nc(-c3cccc4oc5c6ccccc6ccc5c34)nc(-n3c4ccc5ccccc5c4c4c5ccccc5ccc43)n2)cc1. The summed E-state index contributed by atoms with van der Waals surface area (Å²) in [6, 6.07) is 68.5. The fourth-order valence-electron chi connectivity index (χ4n) is 9.57. The molecule has 5 heteroatoms. The first kappa shape index (κ1) is 32.9. The second kappa shape index (κ2) is 12.7. The van der Waals surface area contributed by atoms with Crippen LogP contribution in [0.4, 0.5) is 0 Å². The van der Waals surface area contributed by atoms with Gasteiger partial charge in [0.1, 0.15) is 11.2 Å². The number of nitrogens with zero attached hydrogens (tertiary/aromatic N) is 4. The van der Waals surface area contributed by atoms with Crippen LogP contribution in [0.1, 0.15) is 0 Å². The van der Waals surface area contributed by atoms with Crippen molar-refractivity contribution in [1.82, 2.24) is 19.5 Å². The van der Waals surface area contributed by atoms with Gasteiger partial charge in [0.15, 0.2) is 11.6 Å². The van der Waals surface area contributed by atoms with Crippen LogP contribution in [0.5, 0.6) is 0 Å². The smallest absolute Gasteiger partial charge is 0.238 e. The molecular weight excluding hydrogens is 733 g/mol. The predicted molar refractivity (Wildman–Crippen MR) is 248 cm³/mol. The van der Waals surface area contributed by atoms with E-state index in [1.807, 2.05) is 12.1 Å². The Labute approximate surface area is 343 Å². The molecule has 0 bridgehead atoms. The third-order valence-corrected chi connectivity index (χ3v) is 12.2. The summed E-state index contributed by atoms with van der Waals surface area (Å²) in [5.41, 5.74) is 7.67. The molecule has 13 rings (SSSR count). The van der Waals surface area contributed by atoms with Gasteiger partial charge in [0.25, 0.3) is 0 Å². The number of rotatable bonds is 4. The zero-order valence-electron chi connectivity index (χ0n) is 32.2. The van der Waals surface area contributed by atoms with Gasteiger partial charge < -0.3 is 4.42 Å². The molecule has 0 aliphatic rings. The van der Waals surface area contributed by atoms with Gasteiger partial charge in [-0.1, -0.05) is 170 Å². The Bertz CT molecular complexity index is 3810. The summed E-state index contributed by atoms with van der Waals surface area (Å²) < 4.78 is 8.94. The number of furan rings is 1. The van der Waals surface area contributed by atoms with Crippen LogP contribution in [0, 0.1) is 0 Å². The molecule has 0 spiro atoms. The van der Waals surface area contributed by atoms with Crippen molar-refractivity contribution in [3.05, 3.63) is 194 Å². The molecule has 0 saturated heterocycles. The standard InChI is InChI=1S/C55H32N4O/c1-2-13-33(14-3-1)41-29-25-34-15-4-8-19-38(34)49(41)54-56-53(44-23-12-24-47-48(44)43-30-26-37-18-7-11-22-42(37)52(43)60-47)57-55(58-54)59-45-31-27-35-16-5-9-20-39(35)50(45)51-40-21-10-6-17-36(40)28-32-46(51)59/h1-32H. The summed E-state index contributed by atoms with van der Waals surface area (Å²) in [5, 5.41) is 13.5. The maximum absolute atomic E-state index is 6.70. The van der Waals surface area contributed by atoms with Gasteiger partial charge in [-0.05, 0) is 73.1 Å². The molecule has 10 aromatic carbocycles. The quantitative estimate of drug-likeness (QED) is 0.179. The van der Waals surface area contributed by atoms with Crippen LogP contribution >= 0.6 is 0 Å².